The first-order chi connectivity index (χ1) is 9.16. The molecule has 19 heavy (non-hydrogen) atoms. The summed E-state index contributed by atoms with van der Waals surface area (Å²) in [5, 5.41) is 5.91. The third-order valence-corrected chi connectivity index (χ3v) is 3.89. The maximum Gasteiger partial charge on any atom is 0.239 e. The van der Waals surface area contributed by atoms with Crippen molar-refractivity contribution in [1.29, 1.82) is 0 Å². The molecule has 108 valence electrons. The van der Waals surface area contributed by atoms with E-state index >= 15 is 0 Å². The molecule has 1 saturated heterocycles. The van der Waals surface area contributed by atoms with Crippen LogP contribution in [0, 0.1) is 5.92 Å². The van der Waals surface area contributed by atoms with Crippen LogP contribution < -0.4 is 10.6 Å². The lowest BCUT2D eigenvalue weighted by molar-refractivity contribution is -0.134. The van der Waals surface area contributed by atoms with E-state index in [-0.39, 0.29) is 24.4 Å². The number of rotatable bonds is 6. The summed E-state index contributed by atoms with van der Waals surface area (Å²) in [4.78, 5) is 25.6. The lowest BCUT2D eigenvalue weighted by Crippen LogP contribution is -2.49. The van der Waals surface area contributed by atoms with Gasteiger partial charge in [-0.05, 0) is 44.9 Å². The fraction of sp³-hybridized carbons (Fsp3) is 0.857. The Morgan fingerprint density at radius 1 is 1.21 bits per heavy atom. The molecule has 5 nitrogen and oxygen atoms in total. The number of nitrogens with one attached hydrogen (secondary N) is 2. The number of amides is 2. The van der Waals surface area contributed by atoms with Gasteiger partial charge in [-0.15, -0.1) is 0 Å². The van der Waals surface area contributed by atoms with Crippen LogP contribution in [-0.2, 0) is 9.59 Å². The Balaban J connectivity index is 1.62. The first kappa shape index (κ1) is 14.3. The molecule has 0 bridgehead atoms. The van der Waals surface area contributed by atoms with Crippen LogP contribution in [0.5, 0.6) is 0 Å². The highest BCUT2D eigenvalue weighted by Crippen LogP contribution is 2.27. The molecule has 2 amide bonds. The lowest BCUT2D eigenvalue weighted by atomic mass is 10.1. The van der Waals surface area contributed by atoms with Gasteiger partial charge in [0.25, 0.3) is 0 Å². The minimum Gasteiger partial charge on any atom is -0.355 e. The summed E-state index contributed by atoms with van der Waals surface area (Å²) in [6.45, 7) is 4.57. The molecular formula is C14H25N3O2. The number of carbonyl (C=O) groups is 2. The van der Waals surface area contributed by atoms with E-state index in [1.54, 1.807) is 0 Å². The molecule has 2 rings (SSSR count). The van der Waals surface area contributed by atoms with Crippen molar-refractivity contribution in [2.24, 2.45) is 5.92 Å². The summed E-state index contributed by atoms with van der Waals surface area (Å²) < 4.78 is 0. The highest BCUT2D eigenvalue weighted by atomic mass is 16.2. The predicted octanol–water partition coefficient (Wildman–Crippen LogP) is 0.503. The molecule has 1 aliphatic carbocycles. The number of nitrogens with zero attached hydrogens (tertiary/aromatic N) is 1. The van der Waals surface area contributed by atoms with Gasteiger partial charge in [-0.1, -0.05) is 0 Å². The van der Waals surface area contributed by atoms with Gasteiger partial charge in [-0.2, -0.15) is 0 Å². The molecule has 5 heteroatoms. The summed E-state index contributed by atoms with van der Waals surface area (Å²) in [5.41, 5.74) is 0. The smallest absolute Gasteiger partial charge is 0.239 e. The molecule has 1 aliphatic heterocycles. The molecule has 0 aromatic carbocycles. The molecule has 0 radical (unpaired) electrons. The van der Waals surface area contributed by atoms with Crippen LogP contribution in [-0.4, -0.2) is 48.9 Å². The number of hydrogen-bond acceptors (Lipinski definition) is 3. The Morgan fingerprint density at radius 3 is 2.53 bits per heavy atom. The van der Waals surface area contributed by atoms with Crippen molar-refractivity contribution in [2.45, 2.75) is 45.1 Å². The first-order valence-corrected chi connectivity index (χ1v) is 7.45. The normalized spacial score (nSPS) is 21.0. The maximum atomic E-state index is 12.1. The van der Waals surface area contributed by atoms with Gasteiger partial charge < -0.3 is 10.2 Å². The van der Waals surface area contributed by atoms with Crippen LogP contribution in [0.15, 0.2) is 0 Å². The predicted molar refractivity (Wildman–Crippen MR) is 73.6 cm³/mol. The maximum absolute atomic E-state index is 12.1. The molecule has 1 atom stereocenters. The summed E-state index contributed by atoms with van der Waals surface area (Å²) in [6.07, 6.45) is 5.88. The average Bonchev–Trinajstić information content (AvgIpc) is 3.26. The molecule has 2 aliphatic rings. The second-order valence-corrected chi connectivity index (χ2v) is 5.74. The van der Waals surface area contributed by atoms with E-state index in [0.717, 1.165) is 32.5 Å². The van der Waals surface area contributed by atoms with E-state index in [1.807, 2.05) is 11.8 Å². The van der Waals surface area contributed by atoms with Crippen LogP contribution in [0.3, 0.4) is 0 Å². The van der Waals surface area contributed by atoms with Crippen LogP contribution in [0.1, 0.15) is 39.0 Å². The molecule has 1 heterocycles. The van der Waals surface area contributed by atoms with Crippen LogP contribution in [0.25, 0.3) is 0 Å². The fourth-order valence-corrected chi connectivity index (χ4v) is 2.36. The largest absolute Gasteiger partial charge is 0.355 e. The van der Waals surface area contributed by atoms with E-state index < -0.39 is 0 Å². The van der Waals surface area contributed by atoms with E-state index in [1.165, 1.54) is 19.3 Å². The van der Waals surface area contributed by atoms with Crippen molar-refractivity contribution in [3.8, 4) is 0 Å². The Morgan fingerprint density at radius 2 is 1.89 bits per heavy atom. The molecule has 1 saturated carbocycles. The minimum absolute atomic E-state index is 0.00908. The third-order valence-electron chi connectivity index (χ3n) is 3.89. The molecule has 1 unspecified atom stereocenters. The van der Waals surface area contributed by atoms with Gasteiger partial charge in [-0.3, -0.25) is 14.9 Å². The van der Waals surface area contributed by atoms with Crippen molar-refractivity contribution in [3.05, 3.63) is 0 Å². The zero-order chi connectivity index (χ0) is 13.7. The van der Waals surface area contributed by atoms with Gasteiger partial charge in [0.2, 0.25) is 11.8 Å². The molecular weight excluding hydrogens is 242 g/mol. The van der Waals surface area contributed by atoms with Gasteiger partial charge in [0.05, 0.1) is 12.6 Å². The molecule has 0 aromatic rings. The minimum atomic E-state index is -0.273. The van der Waals surface area contributed by atoms with Crippen LogP contribution in [0.4, 0.5) is 0 Å². The SMILES string of the molecule is CC(NCC(=O)NCC1CC1)C(=O)N1CCCCC1. The molecule has 0 aromatic heterocycles. The quantitative estimate of drug-likeness (QED) is 0.737. The number of likely N-dealkylation sites (tertiary alicyclic amines) is 1. The fourth-order valence-electron chi connectivity index (χ4n) is 2.36. The second-order valence-electron chi connectivity index (χ2n) is 5.74. The van der Waals surface area contributed by atoms with Gasteiger partial charge >= 0.3 is 0 Å². The zero-order valence-corrected chi connectivity index (χ0v) is 11.8. The molecule has 0 spiro atoms. The molecule has 2 fully saturated rings. The topological polar surface area (TPSA) is 61.4 Å². The van der Waals surface area contributed by atoms with E-state index in [9.17, 15) is 9.59 Å². The van der Waals surface area contributed by atoms with Crippen LogP contribution >= 0.6 is 0 Å². The number of piperidine rings is 1. The lowest BCUT2D eigenvalue weighted by Gasteiger charge is -2.29. The van der Waals surface area contributed by atoms with Crippen molar-refractivity contribution in [3.63, 3.8) is 0 Å². The summed E-state index contributed by atoms with van der Waals surface area (Å²) in [7, 11) is 0. The van der Waals surface area contributed by atoms with Crippen LogP contribution in [0.2, 0.25) is 0 Å². The van der Waals surface area contributed by atoms with Crippen molar-refractivity contribution in [2.75, 3.05) is 26.2 Å². The summed E-state index contributed by atoms with van der Waals surface area (Å²) >= 11 is 0. The Labute approximate surface area is 115 Å². The third kappa shape index (κ3) is 4.82. The van der Waals surface area contributed by atoms with Crippen molar-refractivity contribution < 1.29 is 9.59 Å². The van der Waals surface area contributed by atoms with Gasteiger partial charge in [0.1, 0.15) is 0 Å². The highest BCUT2D eigenvalue weighted by molar-refractivity contribution is 5.83. The first-order valence-electron chi connectivity index (χ1n) is 7.45. The van der Waals surface area contributed by atoms with Gasteiger partial charge in [0.15, 0.2) is 0 Å². The second kappa shape index (κ2) is 6.89. The Bertz CT molecular complexity index is 323. The van der Waals surface area contributed by atoms with Crippen molar-refractivity contribution in [1.82, 2.24) is 15.5 Å². The summed E-state index contributed by atoms with van der Waals surface area (Å²) in [6, 6.07) is -0.273. The van der Waals surface area contributed by atoms with Gasteiger partial charge in [0, 0.05) is 19.6 Å². The van der Waals surface area contributed by atoms with E-state index in [0.29, 0.717) is 5.92 Å². The molecule has 2 N–H and O–H groups in total. The van der Waals surface area contributed by atoms with Crippen molar-refractivity contribution >= 4 is 11.8 Å². The van der Waals surface area contributed by atoms with E-state index in [4.69, 9.17) is 0 Å². The zero-order valence-electron chi connectivity index (χ0n) is 11.8. The number of hydrogen-bond donors (Lipinski definition) is 2. The monoisotopic (exact) mass is 267 g/mol. The summed E-state index contributed by atoms with van der Waals surface area (Å²) in [5.74, 6) is 0.802. The standard InChI is InChI=1S/C14H25N3O2/c1-11(14(19)17-7-3-2-4-8-17)15-10-13(18)16-9-12-5-6-12/h11-12,15H,2-10H2,1H3,(H,16,18). The van der Waals surface area contributed by atoms with Gasteiger partial charge in [-0.25, -0.2) is 0 Å². The Hall–Kier alpha value is -1.10. The number of carbonyl (C=O) groups excluding carboxylic acids is 2. The average molecular weight is 267 g/mol. The van der Waals surface area contributed by atoms with E-state index in [2.05, 4.69) is 10.6 Å². The Kier molecular flexibility index (Phi) is 5.19. The highest BCUT2D eigenvalue weighted by Gasteiger charge is 2.23.